The molecule has 0 aliphatic carbocycles. The van der Waals surface area contributed by atoms with Crippen LogP contribution in [0.4, 0.5) is 0 Å². The highest BCUT2D eigenvalue weighted by molar-refractivity contribution is 5.44. The number of aryl methyl sites for hydroxylation is 1. The minimum Gasteiger partial charge on any atom is -0.454 e. The van der Waals surface area contributed by atoms with Gasteiger partial charge in [0.2, 0.25) is 6.79 Å². The third-order valence-corrected chi connectivity index (χ3v) is 3.51. The summed E-state index contributed by atoms with van der Waals surface area (Å²) in [5.41, 5.74) is 2.46. The molecule has 1 unspecified atom stereocenters. The minimum absolute atomic E-state index is 0.335. The van der Waals surface area contributed by atoms with Gasteiger partial charge in [-0.3, -0.25) is 5.10 Å². The van der Waals surface area contributed by atoms with Crippen LogP contribution in [0, 0.1) is 0 Å². The van der Waals surface area contributed by atoms with Gasteiger partial charge in [0.1, 0.15) is 0 Å². The number of H-pyrrole nitrogens is 1. The van der Waals surface area contributed by atoms with E-state index in [2.05, 4.69) is 34.6 Å². The summed E-state index contributed by atoms with van der Waals surface area (Å²) >= 11 is 0. The maximum Gasteiger partial charge on any atom is 0.231 e. The first-order valence-corrected chi connectivity index (χ1v) is 6.91. The third kappa shape index (κ3) is 3.11. The van der Waals surface area contributed by atoms with Crippen LogP contribution < -0.4 is 14.8 Å². The van der Waals surface area contributed by atoms with Crippen LogP contribution in [-0.4, -0.2) is 23.0 Å². The monoisotopic (exact) mass is 273 g/mol. The van der Waals surface area contributed by atoms with E-state index in [0.717, 1.165) is 30.9 Å². The molecule has 3 rings (SSSR count). The average Bonchev–Trinajstić information content (AvgIpc) is 3.13. The standard InChI is InChI=1S/C15H19N3O2/c1-11(16-7-13-8-17-18-9-13)2-3-12-4-5-14-15(6-12)20-10-19-14/h4-6,8-9,11,16H,2-3,7,10H2,1H3,(H,17,18). The van der Waals surface area contributed by atoms with E-state index in [1.807, 2.05) is 18.5 Å². The summed E-state index contributed by atoms with van der Waals surface area (Å²) in [5, 5.41) is 10.2. The number of hydrogen-bond donors (Lipinski definition) is 2. The Labute approximate surface area is 118 Å². The van der Waals surface area contributed by atoms with Crippen molar-refractivity contribution < 1.29 is 9.47 Å². The van der Waals surface area contributed by atoms with Crippen molar-refractivity contribution in [1.29, 1.82) is 0 Å². The summed E-state index contributed by atoms with van der Waals surface area (Å²) in [6.45, 7) is 3.38. The summed E-state index contributed by atoms with van der Waals surface area (Å²) in [6.07, 6.45) is 5.86. The molecule has 1 aliphatic rings. The van der Waals surface area contributed by atoms with Crippen LogP contribution in [0.1, 0.15) is 24.5 Å². The second-order valence-electron chi connectivity index (χ2n) is 5.11. The molecule has 0 bridgehead atoms. The first kappa shape index (κ1) is 13.0. The average molecular weight is 273 g/mol. The van der Waals surface area contributed by atoms with Gasteiger partial charge in [0.25, 0.3) is 0 Å². The Morgan fingerprint density at radius 2 is 2.20 bits per heavy atom. The van der Waals surface area contributed by atoms with Crippen LogP contribution in [0.5, 0.6) is 11.5 Å². The number of aromatic amines is 1. The van der Waals surface area contributed by atoms with E-state index in [1.165, 1.54) is 11.1 Å². The van der Waals surface area contributed by atoms with Gasteiger partial charge < -0.3 is 14.8 Å². The molecule has 2 N–H and O–H groups in total. The normalized spacial score (nSPS) is 14.4. The molecule has 20 heavy (non-hydrogen) atoms. The Balaban J connectivity index is 1.46. The van der Waals surface area contributed by atoms with Crippen LogP contribution >= 0.6 is 0 Å². The van der Waals surface area contributed by atoms with E-state index in [9.17, 15) is 0 Å². The number of ether oxygens (including phenoxy) is 2. The highest BCUT2D eigenvalue weighted by Crippen LogP contribution is 2.32. The SMILES string of the molecule is CC(CCc1ccc2c(c1)OCO2)NCc1cn[nH]c1. The van der Waals surface area contributed by atoms with Crippen molar-refractivity contribution in [3.05, 3.63) is 41.7 Å². The maximum absolute atomic E-state index is 5.39. The lowest BCUT2D eigenvalue weighted by molar-refractivity contribution is 0.174. The molecule has 2 aromatic rings. The Bertz CT molecular complexity index is 554. The summed E-state index contributed by atoms with van der Waals surface area (Å²) in [5.74, 6) is 1.71. The van der Waals surface area contributed by atoms with Crippen molar-refractivity contribution in [2.45, 2.75) is 32.4 Å². The summed E-state index contributed by atoms with van der Waals surface area (Å²) in [7, 11) is 0. The second-order valence-corrected chi connectivity index (χ2v) is 5.11. The van der Waals surface area contributed by atoms with Gasteiger partial charge in [0.15, 0.2) is 11.5 Å². The molecule has 0 spiro atoms. The van der Waals surface area contributed by atoms with Crippen molar-refractivity contribution in [1.82, 2.24) is 15.5 Å². The molecule has 0 fully saturated rings. The lowest BCUT2D eigenvalue weighted by Gasteiger charge is -2.13. The zero-order valence-electron chi connectivity index (χ0n) is 11.6. The summed E-state index contributed by atoms with van der Waals surface area (Å²) < 4.78 is 10.7. The molecule has 0 saturated carbocycles. The van der Waals surface area contributed by atoms with Crippen molar-refractivity contribution in [3.8, 4) is 11.5 Å². The first-order chi connectivity index (χ1) is 9.81. The van der Waals surface area contributed by atoms with Crippen LogP contribution in [0.25, 0.3) is 0 Å². The number of nitrogens with one attached hydrogen (secondary N) is 2. The zero-order valence-corrected chi connectivity index (χ0v) is 11.6. The van der Waals surface area contributed by atoms with Gasteiger partial charge in [-0.25, -0.2) is 0 Å². The lowest BCUT2D eigenvalue weighted by atomic mass is 10.1. The van der Waals surface area contributed by atoms with Gasteiger partial charge in [-0.2, -0.15) is 5.10 Å². The largest absolute Gasteiger partial charge is 0.454 e. The van der Waals surface area contributed by atoms with Gasteiger partial charge in [0.05, 0.1) is 6.20 Å². The van der Waals surface area contributed by atoms with E-state index in [-0.39, 0.29) is 0 Å². The molecule has 2 heterocycles. The Kier molecular flexibility index (Phi) is 3.87. The molecule has 0 amide bonds. The van der Waals surface area contributed by atoms with E-state index in [1.54, 1.807) is 0 Å². The van der Waals surface area contributed by atoms with Gasteiger partial charge in [-0.05, 0) is 37.5 Å². The fourth-order valence-electron chi connectivity index (χ4n) is 2.25. The number of aromatic nitrogens is 2. The van der Waals surface area contributed by atoms with Gasteiger partial charge in [-0.15, -0.1) is 0 Å². The maximum atomic E-state index is 5.39. The van der Waals surface area contributed by atoms with E-state index < -0.39 is 0 Å². The van der Waals surface area contributed by atoms with Crippen molar-refractivity contribution in [2.24, 2.45) is 0 Å². The van der Waals surface area contributed by atoms with Gasteiger partial charge in [0, 0.05) is 24.3 Å². The number of fused-ring (bicyclic) bond motifs is 1. The molecule has 1 aromatic heterocycles. The first-order valence-electron chi connectivity index (χ1n) is 6.91. The number of hydrogen-bond acceptors (Lipinski definition) is 4. The minimum atomic E-state index is 0.335. The number of rotatable bonds is 6. The second kappa shape index (κ2) is 5.96. The summed E-state index contributed by atoms with van der Waals surface area (Å²) in [6, 6.07) is 6.62. The van der Waals surface area contributed by atoms with Gasteiger partial charge in [-0.1, -0.05) is 6.07 Å². The van der Waals surface area contributed by atoms with Crippen molar-refractivity contribution >= 4 is 0 Å². The molecule has 5 nitrogen and oxygen atoms in total. The van der Waals surface area contributed by atoms with E-state index in [0.29, 0.717) is 12.8 Å². The van der Waals surface area contributed by atoms with Crippen LogP contribution in [0.3, 0.4) is 0 Å². The molecular weight excluding hydrogens is 254 g/mol. The molecule has 0 radical (unpaired) electrons. The molecule has 1 aromatic carbocycles. The Hall–Kier alpha value is -2.01. The van der Waals surface area contributed by atoms with Crippen LogP contribution in [0.15, 0.2) is 30.6 Å². The van der Waals surface area contributed by atoms with E-state index >= 15 is 0 Å². The highest BCUT2D eigenvalue weighted by atomic mass is 16.7. The molecule has 0 saturated heterocycles. The highest BCUT2D eigenvalue weighted by Gasteiger charge is 2.13. The van der Waals surface area contributed by atoms with Crippen molar-refractivity contribution in [3.63, 3.8) is 0 Å². The van der Waals surface area contributed by atoms with Crippen LogP contribution in [0.2, 0.25) is 0 Å². The number of nitrogens with zero attached hydrogens (tertiary/aromatic N) is 1. The van der Waals surface area contributed by atoms with Crippen LogP contribution in [-0.2, 0) is 13.0 Å². The number of benzene rings is 1. The third-order valence-electron chi connectivity index (χ3n) is 3.51. The fraction of sp³-hybridized carbons (Fsp3) is 0.400. The zero-order chi connectivity index (χ0) is 13.8. The molecule has 1 aliphatic heterocycles. The molecule has 1 atom stereocenters. The predicted molar refractivity (Wildman–Crippen MR) is 75.8 cm³/mol. The predicted octanol–water partition coefficient (Wildman–Crippen LogP) is 2.25. The molecular formula is C15H19N3O2. The Morgan fingerprint density at radius 3 is 3.05 bits per heavy atom. The fourth-order valence-corrected chi connectivity index (χ4v) is 2.25. The van der Waals surface area contributed by atoms with E-state index in [4.69, 9.17) is 9.47 Å². The smallest absolute Gasteiger partial charge is 0.231 e. The molecule has 106 valence electrons. The summed E-state index contributed by atoms with van der Waals surface area (Å²) in [4.78, 5) is 0. The van der Waals surface area contributed by atoms with Crippen molar-refractivity contribution in [2.75, 3.05) is 6.79 Å². The lowest BCUT2D eigenvalue weighted by Crippen LogP contribution is -2.25. The quantitative estimate of drug-likeness (QED) is 0.847. The molecule has 5 heteroatoms. The van der Waals surface area contributed by atoms with Gasteiger partial charge >= 0.3 is 0 Å². The Morgan fingerprint density at radius 1 is 1.30 bits per heavy atom. The topological polar surface area (TPSA) is 59.2 Å².